The number of hydrogen-bond donors (Lipinski definition) is 1. The Hall–Kier alpha value is -7.39. The van der Waals surface area contributed by atoms with Crippen LogP contribution in [0.2, 0.25) is 5.02 Å². The fourth-order valence-electron chi connectivity index (χ4n) is 11.2. The zero-order valence-electron chi connectivity index (χ0n) is 38.0. The van der Waals surface area contributed by atoms with Crippen molar-refractivity contribution in [2.24, 2.45) is 0 Å². The van der Waals surface area contributed by atoms with Gasteiger partial charge in [0.1, 0.15) is 0 Å². The smallest absolute Gasteiger partial charge is 0.0620 e. The van der Waals surface area contributed by atoms with E-state index >= 15 is 0 Å². The molecule has 0 aliphatic heterocycles. The quantitative estimate of drug-likeness (QED) is 0.172. The largest absolute Gasteiger partial charge is 0.354 e. The third-order valence-corrected chi connectivity index (χ3v) is 14.6. The number of hydrogen-bond acceptors (Lipinski definition) is 0. The Balaban J connectivity index is 1.17. The molecule has 66 heavy (non-hydrogen) atoms. The Morgan fingerprint density at radius 3 is 1.91 bits per heavy atom. The van der Waals surface area contributed by atoms with E-state index in [-0.39, 0.29) is 0 Å². The summed E-state index contributed by atoms with van der Waals surface area (Å²) >= 11 is 7.45. The first-order valence-electron chi connectivity index (χ1n) is 23.2. The van der Waals surface area contributed by atoms with Crippen LogP contribution in [0, 0.1) is 34.6 Å². The van der Waals surface area contributed by atoms with Gasteiger partial charge < -0.3 is 9.55 Å². The Morgan fingerprint density at radius 1 is 0.485 bits per heavy atom. The number of rotatable bonds is 6. The van der Waals surface area contributed by atoms with Gasteiger partial charge in [0.15, 0.2) is 0 Å². The number of aromatic nitrogens is 2. The maximum atomic E-state index is 7.45. The first kappa shape index (κ1) is 40.1. The number of allylic oxidation sites excluding steroid dienone is 4. The van der Waals surface area contributed by atoms with E-state index in [1.54, 1.807) is 0 Å². The molecule has 2 heterocycles. The van der Waals surface area contributed by atoms with E-state index in [0.29, 0.717) is 5.02 Å². The van der Waals surface area contributed by atoms with Crippen LogP contribution in [0.5, 0.6) is 0 Å². The molecule has 0 radical (unpaired) electrons. The molecule has 0 unspecified atom stereocenters. The van der Waals surface area contributed by atoms with Gasteiger partial charge in [0.05, 0.1) is 22.2 Å². The second-order valence-electron chi connectivity index (χ2n) is 18.4. The Bertz CT molecular complexity index is 3830. The van der Waals surface area contributed by atoms with Crippen molar-refractivity contribution in [3.05, 3.63) is 214 Å². The van der Waals surface area contributed by atoms with E-state index in [0.717, 1.165) is 51.8 Å². The lowest BCUT2D eigenvalue weighted by molar-refractivity contribution is 1.05. The minimum atomic E-state index is 0.693. The highest BCUT2D eigenvalue weighted by Gasteiger charge is 2.24. The summed E-state index contributed by atoms with van der Waals surface area (Å²) in [4.78, 5) is 3.92. The molecule has 0 atom stereocenters. The van der Waals surface area contributed by atoms with Gasteiger partial charge in [0.2, 0.25) is 0 Å². The number of H-pyrrole nitrogens is 1. The van der Waals surface area contributed by atoms with Crippen LogP contribution < -0.4 is 0 Å². The van der Waals surface area contributed by atoms with Crippen LogP contribution in [0.25, 0.3) is 110 Å². The number of benzene rings is 9. The van der Waals surface area contributed by atoms with Crippen molar-refractivity contribution in [1.82, 2.24) is 9.55 Å². The molecule has 3 heteroatoms. The van der Waals surface area contributed by atoms with Gasteiger partial charge in [-0.2, -0.15) is 0 Å². The van der Waals surface area contributed by atoms with Crippen molar-refractivity contribution in [2.45, 2.75) is 47.5 Å². The lowest BCUT2D eigenvalue weighted by Gasteiger charge is -2.19. The van der Waals surface area contributed by atoms with Gasteiger partial charge in [-0.3, -0.25) is 0 Å². The molecule has 1 aliphatic rings. The van der Waals surface area contributed by atoms with Gasteiger partial charge in [-0.1, -0.05) is 133 Å². The van der Waals surface area contributed by atoms with Gasteiger partial charge in [-0.25, -0.2) is 0 Å². The summed E-state index contributed by atoms with van der Waals surface area (Å²) in [6.07, 6.45) is 8.83. The van der Waals surface area contributed by atoms with E-state index in [1.165, 1.54) is 105 Å². The van der Waals surface area contributed by atoms with Crippen LogP contribution in [0.3, 0.4) is 0 Å². The molecule has 12 rings (SSSR count). The van der Waals surface area contributed by atoms with Crippen LogP contribution in [-0.4, -0.2) is 9.55 Å². The Labute approximate surface area is 391 Å². The summed E-state index contributed by atoms with van der Waals surface area (Å²) in [5.74, 6) is 0. The van der Waals surface area contributed by atoms with Crippen LogP contribution in [0.15, 0.2) is 176 Å². The molecule has 11 aromatic rings. The molecule has 1 N–H and O–H groups in total. The van der Waals surface area contributed by atoms with Crippen molar-refractivity contribution in [2.75, 3.05) is 0 Å². The lowest BCUT2D eigenvalue weighted by Crippen LogP contribution is -2.01. The summed E-state index contributed by atoms with van der Waals surface area (Å²) in [6, 6.07) is 58.5. The minimum absolute atomic E-state index is 0.693. The zero-order chi connectivity index (χ0) is 44.8. The fraction of sp³-hybridized carbons (Fsp3) is 0.111. The van der Waals surface area contributed by atoms with Crippen molar-refractivity contribution in [3.63, 3.8) is 0 Å². The number of aromatic amines is 1. The first-order chi connectivity index (χ1) is 32.2. The van der Waals surface area contributed by atoms with Crippen LogP contribution in [0.4, 0.5) is 0 Å². The monoisotopic (exact) mass is 868 g/mol. The summed E-state index contributed by atoms with van der Waals surface area (Å²) < 4.78 is 2.50. The molecule has 0 spiro atoms. The second kappa shape index (κ2) is 15.7. The van der Waals surface area contributed by atoms with Gasteiger partial charge in [-0.15, -0.1) is 0 Å². The molecule has 1 aliphatic carbocycles. The van der Waals surface area contributed by atoms with Crippen molar-refractivity contribution >= 4 is 71.6 Å². The molecule has 2 nitrogen and oxygen atoms in total. The topological polar surface area (TPSA) is 20.7 Å². The van der Waals surface area contributed by atoms with Gasteiger partial charge in [-0.05, 0) is 185 Å². The molecule has 9 aromatic carbocycles. The van der Waals surface area contributed by atoms with E-state index < -0.39 is 0 Å². The number of nitrogens with zero attached hydrogens (tertiary/aromatic N) is 1. The predicted molar refractivity (Wildman–Crippen MR) is 284 cm³/mol. The Morgan fingerprint density at radius 2 is 1.17 bits per heavy atom. The molecule has 0 saturated heterocycles. The third kappa shape index (κ3) is 6.38. The minimum Gasteiger partial charge on any atom is -0.354 e. The Kier molecular flexibility index (Phi) is 9.52. The standard InChI is InChI=1S/C63H49ClN2/c1-37-16-14-17-38(2)60(37)45-27-29-58-52(31-45)56-36-53(61-39(3)18-15-19-40(61)4)48-24-12-13-25-49(48)63(56)66(58)59-35-47(64)34-50(41(59)5)54-32-46(43-22-10-7-11-23-43)33-55-51-30-44(42-20-8-6-9-21-42)26-28-57(51)65-62(54)55/h6-8,10-20,22-36,65H,9,21H2,1-5H3. The lowest BCUT2D eigenvalue weighted by atomic mass is 9.89. The molecular formula is C63H49ClN2. The molecule has 318 valence electrons. The first-order valence-corrected chi connectivity index (χ1v) is 23.5. The average molecular weight is 870 g/mol. The summed E-state index contributed by atoms with van der Waals surface area (Å²) in [5.41, 5.74) is 24.2. The van der Waals surface area contributed by atoms with E-state index in [9.17, 15) is 0 Å². The maximum absolute atomic E-state index is 7.45. The number of nitrogens with one attached hydrogen (secondary N) is 1. The number of halogens is 1. The second-order valence-corrected chi connectivity index (χ2v) is 18.9. The average Bonchev–Trinajstić information content (AvgIpc) is 3.87. The highest BCUT2D eigenvalue weighted by atomic mass is 35.5. The molecule has 2 aromatic heterocycles. The van der Waals surface area contributed by atoms with Crippen molar-refractivity contribution < 1.29 is 0 Å². The number of aryl methyl sites for hydroxylation is 4. The van der Waals surface area contributed by atoms with Crippen LogP contribution >= 0.6 is 11.6 Å². The van der Waals surface area contributed by atoms with Gasteiger partial charge in [0.25, 0.3) is 0 Å². The molecule has 0 bridgehead atoms. The number of fused-ring (bicyclic) bond motifs is 8. The third-order valence-electron chi connectivity index (χ3n) is 14.4. The van der Waals surface area contributed by atoms with E-state index in [2.05, 4.69) is 220 Å². The van der Waals surface area contributed by atoms with Crippen LogP contribution in [-0.2, 0) is 0 Å². The van der Waals surface area contributed by atoms with E-state index in [4.69, 9.17) is 11.6 Å². The zero-order valence-corrected chi connectivity index (χ0v) is 38.7. The molecular weight excluding hydrogens is 820 g/mol. The highest BCUT2D eigenvalue weighted by Crippen LogP contribution is 2.47. The summed E-state index contributed by atoms with van der Waals surface area (Å²) in [5, 5.41) is 8.00. The van der Waals surface area contributed by atoms with Gasteiger partial charge >= 0.3 is 0 Å². The highest BCUT2D eigenvalue weighted by molar-refractivity contribution is 6.31. The molecule has 0 fully saturated rings. The van der Waals surface area contributed by atoms with Gasteiger partial charge in [0, 0.05) is 43.0 Å². The fourth-order valence-corrected chi connectivity index (χ4v) is 11.4. The molecule has 0 amide bonds. The van der Waals surface area contributed by atoms with Crippen molar-refractivity contribution in [1.29, 1.82) is 0 Å². The summed E-state index contributed by atoms with van der Waals surface area (Å²) in [7, 11) is 0. The van der Waals surface area contributed by atoms with Crippen molar-refractivity contribution in [3.8, 4) is 50.2 Å². The van der Waals surface area contributed by atoms with Crippen LogP contribution in [0.1, 0.15) is 46.2 Å². The van der Waals surface area contributed by atoms with E-state index in [1.807, 2.05) is 0 Å². The predicted octanol–water partition coefficient (Wildman–Crippen LogP) is 18.2. The maximum Gasteiger partial charge on any atom is 0.0620 e. The summed E-state index contributed by atoms with van der Waals surface area (Å²) in [6.45, 7) is 11.2. The molecule has 0 saturated carbocycles. The normalized spacial score (nSPS) is 12.9. The SMILES string of the molecule is Cc1cccc(C)c1-c1ccc2c(c1)c1cc(-c3c(C)cccc3C)c3ccccc3c1n2-c1cc(Cl)cc(-c2cc(-c3ccccc3)cc3c2[nH]c2ccc(C4=CC=CCC4)cc23)c1C.